The third-order valence-corrected chi connectivity index (χ3v) is 3.69. The third kappa shape index (κ3) is 2.25. The summed E-state index contributed by atoms with van der Waals surface area (Å²) in [5, 5.41) is 0. The Morgan fingerprint density at radius 2 is 1.81 bits per heavy atom. The molecule has 0 aliphatic rings. The van der Waals surface area contributed by atoms with Gasteiger partial charge in [0, 0.05) is 6.20 Å². The van der Waals surface area contributed by atoms with Gasteiger partial charge in [-0.2, -0.15) is 0 Å². The molecule has 0 saturated heterocycles. The smallest absolute Gasteiger partial charge is 0.322 e. The largest absolute Gasteiger partial charge is 0.335 e. The molecule has 0 unspecified atom stereocenters. The Morgan fingerprint density at radius 3 is 2.48 bits per heavy atom. The van der Waals surface area contributed by atoms with Gasteiger partial charge in [0.15, 0.2) is 0 Å². The normalized spacial score (nSPS) is 14.2. The minimum absolute atomic E-state index is 0.117. The lowest BCUT2D eigenvalue weighted by Gasteiger charge is -2.21. The highest BCUT2D eigenvalue weighted by molar-refractivity contribution is 5.38. The van der Waals surface area contributed by atoms with Crippen LogP contribution in [0.2, 0.25) is 0 Å². The van der Waals surface area contributed by atoms with Crippen LogP contribution in [-0.4, -0.2) is 14.0 Å². The average Bonchev–Trinajstić information content (AvgIpc) is 2.96. The predicted octanol–water partition coefficient (Wildman–Crippen LogP) is 2.13. The van der Waals surface area contributed by atoms with Gasteiger partial charge >= 0.3 is 5.69 Å². The van der Waals surface area contributed by atoms with Crippen LogP contribution < -0.4 is 11.4 Å². The molecule has 0 amide bonds. The van der Waals surface area contributed by atoms with Crippen molar-refractivity contribution in [1.29, 1.82) is 0 Å². The summed E-state index contributed by atoms with van der Waals surface area (Å²) in [7, 11) is 0. The molecule has 0 bridgehead atoms. The van der Waals surface area contributed by atoms with E-state index in [2.05, 4.69) is 4.98 Å². The van der Waals surface area contributed by atoms with Crippen LogP contribution in [0, 0.1) is 0 Å². The molecular formula is C16H18N4O. The molecule has 0 radical (unpaired) electrons. The Bertz CT molecular complexity index is 817. The van der Waals surface area contributed by atoms with Crippen LogP contribution in [0.3, 0.4) is 0 Å². The molecule has 1 aromatic carbocycles. The van der Waals surface area contributed by atoms with E-state index in [9.17, 15) is 4.79 Å². The summed E-state index contributed by atoms with van der Waals surface area (Å²) in [6, 6.07) is 13.1. The van der Waals surface area contributed by atoms with Crippen molar-refractivity contribution in [2.75, 3.05) is 0 Å². The van der Waals surface area contributed by atoms with E-state index in [1.54, 1.807) is 15.2 Å². The fourth-order valence-electron chi connectivity index (χ4n) is 2.58. The van der Waals surface area contributed by atoms with Crippen molar-refractivity contribution in [2.24, 2.45) is 5.73 Å². The Hall–Kier alpha value is -2.40. The maximum Gasteiger partial charge on any atom is 0.335 e. The zero-order chi connectivity index (χ0) is 15.0. The van der Waals surface area contributed by atoms with E-state index in [-0.39, 0.29) is 17.8 Å². The van der Waals surface area contributed by atoms with Crippen molar-refractivity contribution in [1.82, 2.24) is 14.0 Å². The Kier molecular flexibility index (Phi) is 3.35. The molecule has 0 fully saturated rings. The van der Waals surface area contributed by atoms with E-state index in [0.717, 1.165) is 5.56 Å². The number of nitrogens with zero attached hydrogens (tertiary/aromatic N) is 3. The molecule has 2 aromatic heterocycles. The van der Waals surface area contributed by atoms with Gasteiger partial charge in [-0.15, -0.1) is 0 Å². The minimum Gasteiger partial charge on any atom is -0.322 e. The molecule has 21 heavy (non-hydrogen) atoms. The van der Waals surface area contributed by atoms with Gasteiger partial charge in [-0.3, -0.25) is 8.97 Å². The van der Waals surface area contributed by atoms with Crippen LogP contribution >= 0.6 is 0 Å². The van der Waals surface area contributed by atoms with Crippen LogP contribution in [0.4, 0.5) is 0 Å². The molecule has 2 N–H and O–H groups in total. The third-order valence-electron chi connectivity index (χ3n) is 3.69. The zero-order valence-corrected chi connectivity index (χ0v) is 12.1. The van der Waals surface area contributed by atoms with Crippen molar-refractivity contribution in [2.45, 2.75) is 25.9 Å². The predicted molar refractivity (Wildman–Crippen MR) is 82.3 cm³/mol. The maximum absolute atomic E-state index is 12.8. The van der Waals surface area contributed by atoms with Gasteiger partial charge in [0.1, 0.15) is 11.5 Å². The highest BCUT2D eigenvalue weighted by Gasteiger charge is 2.19. The van der Waals surface area contributed by atoms with Gasteiger partial charge in [-0.25, -0.2) is 9.78 Å². The molecule has 5 nitrogen and oxygen atoms in total. The monoisotopic (exact) mass is 282 g/mol. The van der Waals surface area contributed by atoms with Crippen molar-refractivity contribution >= 4 is 5.65 Å². The van der Waals surface area contributed by atoms with Crippen molar-refractivity contribution in [3.8, 4) is 0 Å². The standard InChI is InChI=1S/C16H18N4O/c1-11(17)15-18-14-9-6-10-19(14)16(21)20(15)12(2)13-7-4-3-5-8-13/h3-12H,17H2,1-2H3/t11-,12-/m0/s1. The summed E-state index contributed by atoms with van der Waals surface area (Å²) >= 11 is 0. The lowest BCUT2D eigenvalue weighted by molar-refractivity contribution is 0.518. The minimum atomic E-state index is -0.316. The van der Waals surface area contributed by atoms with Gasteiger partial charge < -0.3 is 5.73 Å². The summed E-state index contributed by atoms with van der Waals surface area (Å²) < 4.78 is 3.22. The summed E-state index contributed by atoms with van der Waals surface area (Å²) in [5.41, 5.74) is 7.59. The van der Waals surface area contributed by atoms with Gasteiger partial charge in [0.2, 0.25) is 0 Å². The molecular weight excluding hydrogens is 264 g/mol. The van der Waals surface area contributed by atoms with E-state index in [1.165, 1.54) is 0 Å². The summed E-state index contributed by atoms with van der Waals surface area (Å²) in [6.07, 6.45) is 1.73. The first-order chi connectivity index (χ1) is 10.1. The topological polar surface area (TPSA) is 65.3 Å². The molecule has 0 saturated carbocycles. The maximum atomic E-state index is 12.8. The molecule has 2 heterocycles. The molecule has 3 aromatic rings. The number of aromatic nitrogens is 3. The van der Waals surface area contributed by atoms with E-state index in [4.69, 9.17) is 5.73 Å². The van der Waals surface area contributed by atoms with Crippen LogP contribution in [-0.2, 0) is 0 Å². The first-order valence-corrected chi connectivity index (χ1v) is 6.99. The summed E-state index contributed by atoms with van der Waals surface area (Å²) in [6.45, 7) is 3.83. The number of benzene rings is 1. The lowest BCUT2D eigenvalue weighted by atomic mass is 10.1. The first kappa shape index (κ1) is 13.6. The van der Waals surface area contributed by atoms with E-state index in [0.29, 0.717) is 11.5 Å². The van der Waals surface area contributed by atoms with Crippen molar-refractivity contribution in [3.63, 3.8) is 0 Å². The number of fused-ring (bicyclic) bond motifs is 1. The SMILES string of the molecule is C[C@H](N)c1nc2cccn2c(=O)n1[C@@H](C)c1ccccc1. The van der Waals surface area contributed by atoms with Gasteiger partial charge in [0.05, 0.1) is 12.1 Å². The first-order valence-electron chi connectivity index (χ1n) is 6.99. The summed E-state index contributed by atoms with van der Waals surface area (Å²) in [5.74, 6) is 0.600. The number of hydrogen-bond donors (Lipinski definition) is 1. The second kappa shape index (κ2) is 5.18. The van der Waals surface area contributed by atoms with Crippen molar-refractivity contribution < 1.29 is 0 Å². The molecule has 3 rings (SSSR count). The zero-order valence-electron chi connectivity index (χ0n) is 12.1. The highest BCUT2D eigenvalue weighted by atomic mass is 16.1. The fourth-order valence-corrected chi connectivity index (χ4v) is 2.58. The van der Waals surface area contributed by atoms with Crippen LogP contribution in [0.1, 0.15) is 37.3 Å². The molecule has 0 aliphatic carbocycles. The lowest BCUT2D eigenvalue weighted by Crippen LogP contribution is -2.35. The second-order valence-electron chi connectivity index (χ2n) is 5.23. The van der Waals surface area contributed by atoms with E-state index < -0.39 is 0 Å². The van der Waals surface area contributed by atoms with Gasteiger partial charge in [-0.05, 0) is 31.5 Å². The second-order valence-corrected chi connectivity index (χ2v) is 5.23. The molecule has 108 valence electrons. The quantitative estimate of drug-likeness (QED) is 0.800. The molecule has 2 atom stereocenters. The average molecular weight is 282 g/mol. The fraction of sp³-hybridized carbons (Fsp3) is 0.250. The molecule has 0 spiro atoms. The van der Waals surface area contributed by atoms with E-state index >= 15 is 0 Å². The van der Waals surface area contributed by atoms with Gasteiger partial charge in [0.25, 0.3) is 0 Å². The number of hydrogen-bond acceptors (Lipinski definition) is 3. The van der Waals surface area contributed by atoms with E-state index in [1.807, 2.05) is 56.3 Å². The summed E-state index contributed by atoms with van der Waals surface area (Å²) in [4.78, 5) is 17.3. The Morgan fingerprint density at radius 1 is 1.10 bits per heavy atom. The highest BCUT2D eigenvalue weighted by Crippen LogP contribution is 2.19. The number of nitrogens with two attached hydrogens (primary N) is 1. The van der Waals surface area contributed by atoms with Crippen LogP contribution in [0.25, 0.3) is 5.65 Å². The van der Waals surface area contributed by atoms with Crippen LogP contribution in [0.5, 0.6) is 0 Å². The van der Waals surface area contributed by atoms with Gasteiger partial charge in [-0.1, -0.05) is 30.3 Å². The van der Waals surface area contributed by atoms with Crippen molar-refractivity contribution in [3.05, 3.63) is 70.5 Å². The molecule has 5 heteroatoms. The number of rotatable bonds is 3. The Balaban J connectivity index is 2.27. The van der Waals surface area contributed by atoms with Crippen LogP contribution in [0.15, 0.2) is 53.5 Å². The molecule has 0 aliphatic heterocycles. The Labute approximate surface area is 122 Å².